The van der Waals surface area contributed by atoms with Crippen molar-refractivity contribution in [1.82, 2.24) is 10.2 Å². The van der Waals surface area contributed by atoms with Crippen LogP contribution in [-0.2, 0) is 0 Å². The lowest BCUT2D eigenvalue weighted by atomic mass is 10.1. The van der Waals surface area contributed by atoms with Gasteiger partial charge in [-0.15, -0.1) is 11.3 Å². The maximum absolute atomic E-state index is 12.0. The molecule has 2 rings (SSSR count). The Hall–Kier alpha value is -0.290. The van der Waals surface area contributed by atoms with Crippen molar-refractivity contribution in [3.63, 3.8) is 0 Å². The maximum Gasteiger partial charge on any atom is 0.256 e. The number of carbonyl (C=O) groups excluding carboxylic acids is 1. The molecule has 1 amide bonds. The molecule has 0 spiro atoms. The molecule has 1 aliphatic rings. The Balaban J connectivity index is 2.15. The summed E-state index contributed by atoms with van der Waals surface area (Å²) in [6, 6.07) is 1.90. The number of nitrogens with zero attached hydrogens (tertiary/aromatic N) is 1. The third-order valence-corrected chi connectivity index (χ3v) is 4.00. The second-order valence-corrected chi connectivity index (χ2v) is 5.75. The van der Waals surface area contributed by atoms with E-state index in [1.807, 2.05) is 0 Å². The Morgan fingerprint density at radius 2 is 2.27 bits per heavy atom. The second kappa shape index (κ2) is 4.29. The highest BCUT2D eigenvalue weighted by Crippen LogP contribution is 2.32. The van der Waals surface area contributed by atoms with Gasteiger partial charge in [0, 0.05) is 20.1 Å². The first-order valence-corrected chi connectivity index (χ1v) is 6.09. The predicted molar refractivity (Wildman–Crippen MR) is 63.1 cm³/mol. The second-order valence-electron chi connectivity index (χ2n) is 3.47. The average Bonchev–Trinajstić information content (AvgIpc) is 2.41. The zero-order valence-corrected chi connectivity index (χ0v) is 10.4. The summed E-state index contributed by atoms with van der Waals surface area (Å²) < 4.78 is 1.01. The molecular formula is C9H10Cl2N2OS. The van der Waals surface area contributed by atoms with Crippen LogP contribution in [0.15, 0.2) is 6.07 Å². The Morgan fingerprint density at radius 3 is 2.67 bits per heavy atom. The lowest BCUT2D eigenvalue weighted by molar-refractivity contribution is 0.0682. The number of thiophene rings is 1. The molecule has 0 unspecified atom stereocenters. The van der Waals surface area contributed by atoms with Crippen LogP contribution in [0.5, 0.6) is 0 Å². The van der Waals surface area contributed by atoms with Crippen molar-refractivity contribution in [2.24, 2.45) is 0 Å². The highest BCUT2D eigenvalue weighted by atomic mass is 35.5. The number of carbonyl (C=O) groups is 1. The number of halogens is 2. The zero-order valence-electron chi connectivity index (χ0n) is 8.09. The monoisotopic (exact) mass is 264 g/mol. The third kappa shape index (κ3) is 2.13. The van der Waals surface area contributed by atoms with Gasteiger partial charge in [-0.1, -0.05) is 23.2 Å². The fraction of sp³-hybridized carbons (Fsp3) is 0.444. The van der Waals surface area contributed by atoms with Crippen molar-refractivity contribution in [2.45, 2.75) is 6.04 Å². The quantitative estimate of drug-likeness (QED) is 0.888. The first kappa shape index (κ1) is 11.2. The molecule has 0 saturated carbocycles. The minimum atomic E-state index is -0.0605. The van der Waals surface area contributed by atoms with Gasteiger partial charge < -0.3 is 10.2 Å². The van der Waals surface area contributed by atoms with E-state index in [1.165, 1.54) is 11.3 Å². The third-order valence-electron chi connectivity index (χ3n) is 2.52. The largest absolute Gasteiger partial charge is 0.336 e. The van der Waals surface area contributed by atoms with Gasteiger partial charge in [0.2, 0.25) is 0 Å². The van der Waals surface area contributed by atoms with Gasteiger partial charge in [-0.05, 0) is 6.07 Å². The van der Waals surface area contributed by atoms with E-state index >= 15 is 0 Å². The Kier molecular flexibility index (Phi) is 3.21. The Bertz CT molecular complexity index is 389. The van der Waals surface area contributed by atoms with E-state index in [1.54, 1.807) is 18.0 Å². The van der Waals surface area contributed by atoms with E-state index in [2.05, 4.69) is 5.32 Å². The predicted octanol–water partition coefficient (Wildman–Crippen LogP) is 2.10. The van der Waals surface area contributed by atoms with E-state index in [4.69, 9.17) is 23.2 Å². The highest BCUT2D eigenvalue weighted by molar-refractivity contribution is 7.20. The van der Waals surface area contributed by atoms with E-state index in [9.17, 15) is 4.79 Å². The number of hydrogen-bond donors (Lipinski definition) is 1. The van der Waals surface area contributed by atoms with Crippen molar-refractivity contribution in [3.8, 4) is 0 Å². The van der Waals surface area contributed by atoms with Gasteiger partial charge in [0.1, 0.15) is 4.34 Å². The molecule has 0 radical (unpaired) electrons. The van der Waals surface area contributed by atoms with Gasteiger partial charge in [-0.2, -0.15) is 0 Å². The van der Waals surface area contributed by atoms with E-state index in [0.29, 0.717) is 14.2 Å². The van der Waals surface area contributed by atoms with Crippen molar-refractivity contribution >= 4 is 40.4 Å². The molecule has 0 bridgehead atoms. The lowest BCUT2D eigenvalue weighted by Crippen LogP contribution is -2.57. The van der Waals surface area contributed by atoms with Crippen LogP contribution in [0.3, 0.4) is 0 Å². The van der Waals surface area contributed by atoms with Crippen LogP contribution in [0.4, 0.5) is 0 Å². The fourth-order valence-corrected chi connectivity index (χ4v) is 2.84. The Labute approximate surface area is 102 Å². The molecule has 6 heteroatoms. The van der Waals surface area contributed by atoms with Crippen LogP contribution in [0.2, 0.25) is 8.67 Å². The summed E-state index contributed by atoms with van der Waals surface area (Å²) >= 11 is 12.9. The minimum Gasteiger partial charge on any atom is -0.336 e. The summed E-state index contributed by atoms with van der Waals surface area (Å²) in [5, 5.41) is 3.12. The zero-order chi connectivity index (χ0) is 11.0. The molecule has 1 aliphatic heterocycles. The summed E-state index contributed by atoms with van der Waals surface area (Å²) in [6.07, 6.45) is 0. The smallest absolute Gasteiger partial charge is 0.256 e. The van der Waals surface area contributed by atoms with E-state index in [-0.39, 0.29) is 11.9 Å². The highest BCUT2D eigenvalue weighted by Gasteiger charge is 2.27. The first-order chi connectivity index (χ1) is 7.09. The fourth-order valence-electron chi connectivity index (χ4n) is 1.39. The molecule has 1 fully saturated rings. The topological polar surface area (TPSA) is 32.3 Å². The van der Waals surface area contributed by atoms with Crippen LogP contribution in [0.1, 0.15) is 10.4 Å². The number of hydrogen-bond acceptors (Lipinski definition) is 3. The van der Waals surface area contributed by atoms with Crippen molar-refractivity contribution in [2.75, 3.05) is 20.1 Å². The number of rotatable bonds is 2. The molecular weight excluding hydrogens is 255 g/mol. The molecule has 1 aromatic rings. The molecule has 0 aliphatic carbocycles. The number of likely N-dealkylation sites (N-methyl/N-ethyl adjacent to an activating group) is 1. The summed E-state index contributed by atoms with van der Waals surface area (Å²) in [6.45, 7) is 1.69. The number of amides is 1. The molecule has 82 valence electrons. The van der Waals surface area contributed by atoms with Gasteiger partial charge in [0.25, 0.3) is 5.91 Å². The molecule has 1 N–H and O–H groups in total. The molecule has 0 atom stereocenters. The SMILES string of the molecule is CN(C(=O)c1cc(Cl)sc1Cl)C1CNC1. The normalized spacial score (nSPS) is 16.2. The van der Waals surface area contributed by atoms with Gasteiger partial charge >= 0.3 is 0 Å². The van der Waals surface area contributed by atoms with Crippen molar-refractivity contribution in [1.29, 1.82) is 0 Å². The summed E-state index contributed by atoms with van der Waals surface area (Å²) in [4.78, 5) is 13.7. The van der Waals surface area contributed by atoms with Gasteiger partial charge in [0.15, 0.2) is 0 Å². The maximum atomic E-state index is 12.0. The van der Waals surface area contributed by atoms with Crippen molar-refractivity contribution in [3.05, 3.63) is 20.3 Å². The van der Waals surface area contributed by atoms with E-state index in [0.717, 1.165) is 13.1 Å². The number of nitrogens with one attached hydrogen (secondary N) is 1. The molecule has 3 nitrogen and oxygen atoms in total. The van der Waals surface area contributed by atoms with E-state index < -0.39 is 0 Å². The van der Waals surface area contributed by atoms with Crippen LogP contribution in [0.25, 0.3) is 0 Å². The standard InChI is InChI=1S/C9H10Cl2N2OS/c1-13(5-3-12-4-5)9(14)6-2-7(10)15-8(6)11/h2,5,12H,3-4H2,1H3. The van der Waals surface area contributed by atoms with Crippen molar-refractivity contribution < 1.29 is 4.79 Å². The van der Waals surface area contributed by atoms with Crippen LogP contribution >= 0.6 is 34.5 Å². The minimum absolute atomic E-state index is 0.0605. The van der Waals surface area contributed by atoms with Gasteiger partial charge in [-0.3, -0.25) is 4.79 Å². The summed E-state index contributed by atoms with van der Waals surface area (Å²) in [7, 11) is 1.79. The lowest BCUT2D eigenvalue weighted by Gasteiger charge is -2.35. The van der Waals surface area contributed by atoms with Gasteiger partial charge in [-0.25, -0.2) is 0 Å². The summed E-state index contributed by atoms with van der Waals surface area (Å²) in [5.41, 5.74) is 0.501. The molecule has 1 aromatic heterocycles. The van der Waals surface area contributed by atoms with Crippen LogP contribution in [0, 0.1) is 0 Å². The molecule has 1 saturated heterocycles. The molecule has 2 heterocycles. The molecule has 15 heavy (non-hydrogen) atoms. The molecule has 0 aromatic carbocycles. The van der Waals surface area contributed by atoms with Crippen LogP contribution < -0.4 is 5.32 Å². The Morgan fingerprint density at radius 1 is 1.60 bits per heavy atom. The van der Waals surface area contributed by atoms with Gasteiger partial charge in [0.05, 0.1) is 15.9 Å². The summed E-state index contributed by atoms with van der Waals surface area (Å²) in [5.74, 6) is -0.0605. The van der Waals surface area contributed by atoms with Crippen LogP contribution in [-0.4, -0.2) is 37.0 Å². The first-order valence-electron chi connectivity index (χ1n) is 4.52. The average molecular weight is 265 g/mol.